The summed E-state index contributed by atoms with van der Waals surface area (Å²) < 4.78 is 0. The van der Waals surface area contributed by atoms with Crippen LogP contribution in [0.2, 0.25) is 0 Å². The summed E-state index contributed by atoms with van der Waals surface area (Å²) in [7, 11) is 0. The van der Waals surface area contributed by atoms with Crippen LogP contribution >= 0.6 is 0 Å². The first-order chi connectivity index (χ1) is 6.10. The highest BCUT2D eigenvalue weighted by Gasteiger charge is 2.34. The molecule has 2 heteroatoms. The molecule has 0 aromatic rings. The molecule has 2 nitrogen and oxygen atoms in total. The van der Waals surface area contributed by atoms with Crippen LogP contribution in [0.3, 0.4) is 0 Å². The number of rotatable bonds is 2. The average Bonchev–Trinajstić information content (AvgIpc) is 1.78. The van der Waals surface area contributed by atoms with Crippen molar-refractivity contribution >= 4 is 5.91 Å². The Balaban J connectivity index is 4.84. The molecule has 14 heavy (non-hydrogen) atoms. The van der Waals surface area contributed by atoms with Gasteiger partial charge in [0.15, 0.2) is 0 Å². The highest BCUT2D eigenvalue weighted by molar-refractivity contribution is 5.77. The second kappa shape index (κ2) is 4.33. The minimum atomic E-state index is -0.0928. The van der Waals surface area contributed by atoms with Crippen LogP contribution in [0.15, 0.2) is 0 Å². The van der Waals surface area contributed by atoms with Crippen LogP contribution in [0.1, 0.15) is 61.3 Å². The molecule has 0 saturated carbocycles. The molecule has 84 valence electrons. The van der Waals surface area contributed by atoms with Gasteiger partial charge in [-0.05, 0) is 48.0 Å². The van der Waals surface area contributed by atoms with Crippen molar-refractivity contribution in [1.82, 2.24) is 4.90 Å². The molecule has 0 fully saturated rings. The Bertz CT molecular complexity index is 181. The number of hydrogen-bond donors (Lipinski definition) is 0. The number of amides is 1. The molecule has 0 aromatic carbocycles. The summed E-state index contributed by atoms with van der Waals surface area (Å²) in [6.07, 6.45) is 1.57. The fourth-order valence-electron chi connectivity index (χ4n) is 2.08. The number of carbonyl (C=O) groups excluding carboxylic acids is 1. The summed E-state index contributed by atoms with van der Waals surface area (Å²) in [5.41, 5.74) is -0.186. The summed E-state index contributed by atoms with van der Waals surface area (Å²) >= 11 is 0. The van der Waals surface area contributed by atoms with Gasteiger partial charge < -0.3 is 4.90 Å². The summed E-state index contributed by atoms with van der Waals surface area (Å²) in [5, 5.41) is 0. The first-order valence-electron chi connectivity index (χ1n) is 5.44. The van der Waals surface area contributed by atoms with Gasteiger partial charge in [0.25, 0.3) is 0 Å². The first-order valence-corrected chi connectivity index (χ1v) is 5.44. The van der Waals surface area contributed by atoms with Crippen molar-refractivity contribution in [2.45, 2.75) is 72.4 Å². The monoisotopic (exact) mass is 199 g/mol. The van der Waals surface area contributed by atoms with Crippen molar-refractivity contribution in [3.8, 4) is 0 Å². The van der Waals surface area contributed by atoms with Crippen LogP contribution in [0.5, 0.6) is 0 Å². The predicted molar refractivity (Wildman–Crippen MR) is 61.3 cm³/mol. The maximum absolute atomic E-state index is 12.0. The van der Waals surface area contributed by atoms with Gasteiger partial charge in [-0.2, -0.15) is 0 Å². The lowest BCUT2D eigenvalue weighted by atomic mass is 9.95. The smallest absolute Gasteiger partial charge is 0.223 e. The van der Waals surface area contributed by atoms with Gasteiger partial charge in [0.1, 0.15) is 0 Å². The molecule has 0 N–H and O–H groups in total. The molecule has 0 rings (SSSR count). The van der Waals surface area contributed by atoms with Crippen molar-refractivity contribution in [3.63, 3.8) is 0 Å². The van der Waals surface area contributed by atoms with Crippen LogP contribution < -0.4 is 0 Å². The second-order valence-corrected chi connectivity index (χ2v) is 5.82. The fraction of sp³-hybridized carbons (Fsp3) is 0.917. The number of nitrogens with zero attached hydrogens (tertiary/aromatic N) is 1. The lowest BCUT2D eigenvalue weighted by Gasteiger charge is -2.45. The van der Waals surface area contributed by atoms with Crippen molar-refractivity contribution in [2.24, 2.45) is 0 Å². The molecule has 0 unspecified atom stereocenters. The van der Waals surface area contributed by atoms with E-state index in [0.717, 1.165) is 6.42 Å². The number of carbonyl (C=O) groups is 1. The van der Waals surface area contributed by atoms with E-state index in [4.69, 9.17) is 0 Å². The molecular formula is C12H25NO. The van der Waals surface area contributed by atoms with Gasteiger partial charge >= 0.3 is 0 Å². The molecule has 0 aliphatic carbocycles. The third-order valence-electron chi connectivity index (χ3n) is 2.05. The van der Waals surface area contributed by atoms with Gasteiger partial charge in [-0.3, -0.25) is 4.79 Å². The quantitative estimate of drug-likeness (QED) is 0.668. The molecule has 0 bridgehead atoms. The van der Waals surface area contributed by atoms with E-state index in [2.05, 4.69) is 41.5 Å². The van der Waals surface area contributed by atoms with E-state index in [9.17, 15) is 4.79 Å². The zero-order valence-electron chi connectivity index (χ0n) is 10.8. The standard InChI is InChI=1S/C12H25NO/c1-8-9-10(14)13(11(2,3)4)12(5,6)7/h8-9H2,1-7H3. The van der Waals surface area contributed by atoms with E-state index in [1.165, 1.54) is 0 Å². The SMILES string of the molecule is CCCC(=O)N(C(C)(C)C)C(C)(C)C. The Hall–Kier alpha value is -0.530. The van der Waals surface area contributed by atoms with Crippen molar-refractivity contribution in [2.75, 3.05) is 0 Å². The Morgan fingerprint density at radius 1 is 1.00 bits per heavy atom. The van der Waals surface area contributed by atoms with Gasteiger partial charge in [-0.15, -0.1) is 0 Å². The predicted octanol–water partition coefficient (Wildman–Crippen LogP) is 3.21. The van der Waals surface area contributed by atoms with E-state index >= 15 is 0 Å². The first kappa shape index (κ1) is 13.5. The molecule has 0 aliphatic heterocycles. The van der Waals surface area contributed by atoms with Gasteiger partial charge in [0.05, 0.1) is 0 Å². The van der Waals surface area contributed by atoms with Crippen molar-refractivity contribution in [1.29, 1.82) is 0 Å². The van der Waals surface area contributed by atoms with Crippen LogP contribution in [0, 0.1) is 0 Å². The largest absolute Gasteiger partial charge is 0.333 e. The Morgan fingerprint density at radius 3 is 1.57 bits per heavy atom. The molecular weight excluding hydrogens is 174 g/mol. The van der Waals surface area contributed by atoms with Crippen LogP contribution in [0.4, 0.5) is 0 Å². The molecule has 0 radical (unpaired) electrons. The van der Waals surface area contributed by atoms with Crippen LogP contribution in [0.25, 0.3) is 0 Å². The van der Waals surface area contributed by atoms with Gasteiger partial charge in [0, 0.05) is 17.5 Å². The van der Waals surface area contributed by atoms with Gasteiger partial charge in [0.2, 0.25) is 5.91 Å². The second-order valence-electron chi connectivity index (χ2n) is 5.82. The van der Waals surface area contributed by atoms with Crippen molar-refractivity contribution in [3.05, 3.63) is 0 Å². The summed E-state index contributed by atoms with van der Waals surface area (Å²) in [4.78, 5) is 14.0. The summed E-state index contributed by atoms with van der Waals surface area (Å²) in [5.74, 6) is 0.257. The minimum Gasteiger partial charge on any atom is -0.333 e. The summed E-state index contributed by atoms with van der Waals surface area (Å²) in [6, 6.07) is 0. The molecule has 0 saturated heterocycles. The van der Waals surface area contributed by atoms with E-state index in [-0.39, 0.29) is 17.0 Å². The minimum absolute atomic E-state index is 0.0928. The normalized spacial score (nSPS) is 12.8. The molecule has 0 aliphatic rings. The van der Waals surface area contributed by atoms with Crippen LogP contribution in [-0.4, -0.2) is 21.9 Å². The molecule has 0 heterocycles. The Morgan fingerprint density at radius 2 is 1.36 bits per heavy atom. The van der Waals surface area contributed by atoms with E-state index < -0.39 is 0 Å². The molecule has 0 spiro atoms. The maximum atomic E-state index is 12.0. The maximum Gasteiger partial charge on any atom is 0.223 e. The highest BCUT2D eigenvalue weighted by Crippen LogP contribution is 2.25. The zero-order chi connectivity index (χ0) is 11.6. The average molecular weight is 199 g/mol. The lowest BCUT2D eigenvalue weighted by molar-refractivity contribution is -0.142. The molecule has 0 aromatic heterocycles. The Labute approximate surface area is 88.7 Å². The lowest BCUT2D eigenvalue weighted by Crippen LogP contribution is -2.55. The van der Waals surface area contributed by atoms with Gasteiger partial charge in [-0.1, -0.05) is 6.92 Å². The summed E-state index contributed by atoms with van der Waals surface area (Å²) in [6.45, 7) is 14.6. The van der Waals surface area contributed by atoms with E-state index in [1.807, 2.05) is 11.8 Å². The fourth-order valence-corrected chi connectivity index (χ4v) is 2.08. The number of hydrogen-bond acceptors (Lipinski definition) is 1. The molecule has 0 atom stereocenters. The van der Waals surface area contributed by atoms with Crippen molar-refractivity contribution < 1.29 is 4.79 Å². The third kappa shape index (κ3) is 3.69. The van der Waals surface area contributed by atoms with Crippen LogP contribution in [-0.2, 0) is 4.79 Å². The topological polar surface area (TPSA) is 20.3 Å². The highest BCUT2D eigenvalue weighted by atomic mass is 16.2. The molecule has 1 amide bonds. The van der Waals surface area contributed by atoms with Gasteiger partial charge in [-0.25, -0.2) is 0 Å². The van der Waals surface area contributed by atoms with E-state index in [0.29, 0.717) is 6.42 Å². The van der Waals surface area contributed by atoms with E-state index in [1.54, 1.807) is 0 Å². The third-order valence-corrected chi connectivity index (χ3v) is 2.05. The zero-order valence-corrected chi connectivity index (χ0v) is 10.8. The Kier molecular flexibility index (Phi) is 4.16.